The summed E-state index contributed by atoms with van der Waals surface area (Å²) in [7, 11) is 3.62. The fraction of sp³-hybridized carbons (Fsp3) is 0.429. The van der Waals surface area contributed by atoms with Crippen molar-refractivity contribution in [3.8, 4) is 0 Å². The Hall–Kier alpha value is -1.72. The molecule has 0 bridgehead atoms. The van der Waals surface area contributed by atoms with E-state index in [1.807, 2.05) is 17.8 Å². The Bertz CT molecular complexity index is 306. The number of hydrogen-bond donors (Lipinski definition) is 2. The minimum Gasteiger partial charge on any atom is -0.408 e. The molecule has 0 spiro atoms. The van der Waals surface area contributed by atoms with Crippen LogP contribution < -0.4 is 5.73 Å². The highest BCUT2D eigenvalue weighted by Crippen LogP contribution is 1.98. The Balaban J connectivity index is 2.65. The van der Waals surface area contributed by atoms with Crippen LogP contribution in [0.5, 0.6) is 0 Å². The van der Waals surface area contributed by atoms with Crippen molar-refractivity contribution >= 4 is 5.96 Å². The number of nitrogens with two attached hydrogens (primary N) is 1. The molecule has 3 N–H and O–H groups in total. The van der Waals surface area contributed by atoms with Crippen molar-refractivity contribution in [3.05, 3.63) is 18.2 Å². The number of aryl methyl sites for hydroxylation is 1. The molecule has 0 atom stereocenters. The third-order valence-corrected chi connectivity index (χ3v) is 1.79. The lowest BCUT2D eigenvalue weighted by molar-refractivity contribution is 0.302. The van der Waals surface area contributed by atoms with Gasteiger partial charge < -0.3 is 20.4 Å². The Labute approximate surface area is 76.3 Å². The van der Waals surface area contributed by atoms with Crippen LogP contribution in [0, 0.1) is 0 Å². The SMILES string of the molecule is CN(Cc1nccn1C)/C(N)=N/O. The molecule has 72 valence electrons. The van der Waals surface area contributed by atoms with Gasteiger partial charge in [-0.05, 0) is 0 Å². The van der Waals surface area contributed by atoms with Crippen molar-refractivity contribution in [2.24, 2.45) is 17.9 Å². The van der Waals surface area contributed by atoms with E-state index in [1.54, 1.807) is 18.1 Å². The smallest absolute Gasteiger partial charge is 0.233 e. The van der Waals surface area contributed by atoms with Crippen molar-refractivity contribution in [1.29, 1.82) is 0 Å². The molecule has 0 saturated carbocycles. The molecule has 1 aromatic rings. The van der Waals surface area contributed by atoms with Crippen LogP contribution >= 0.6 is 0 Å². The van der Waals surface area contributed by atoms with E-state index < -0.39 is 0 Å². The molecule has 1 aromatic heterocycles. The van der Waals surface area contributed by atoms with Gasteiger partial charge in [0.05, 0.1) is 6.54 Å². The van der Waals surface area contributed by atoms with Crippen molar-refractivity contribution in [2.75, 3.05) is 7.05 Å². The van der Waals surface area contributed by atoms with Crippen LogP contribution in [0.25, 0.3) is 0 Å². The largest absolute Gasteiger partial charge is 0.408 e. The predicted octanol–water partition coefficient (Wildman–Crippen LogP) is -0.444. The minimum absolute atomic E-state index is 0.0722. The Morgan fingerprint density at radius 2 is 2.54 bits per heavy atom. The quantitative estimate of drug-likeness (QED) is 0.282. The minimum atomic E-state index is 0.0722. The summed E-state index contributed by atoms with van der Waals surface area (Å²) in [4.78, 5) is 5.70. The molecule has 0 radical (unpaired) electrons. The maximum Gasteiger partial charge on any atom is 0.233 e. The number of nitrogens with zero attached hydrogens (tertiary/aromatic N) is 4. The number of aromatic nitrogens is 2. The van der Waals surface area contributed by atoms with E-state index in [1.165, 1.54) is 0 Å². The fourth-order valence-corrected chi connectivity index (χ4v) is 0.918. The molecule has 0 unspecified atom stereocenters. The van der Waals surface area contributed by atoms with Crippen LogP contribution in [-0.4, -0.2) is 32.7 Å². The summed E-state index contributed by atoms with van der Waals surface area (Å²) in [5.74, 6) is 0.928. The van der Waals surface area contributed by atoms with E-state index in [4.69, 9.17) is 10.9 Å². The van der Waals surface area contributed by atoms with E-state index in [0.29, 0.717) is 6.54 Å². The monoisotopic (exact) mass is 183 g/mol. The standard InChI is InChI=1S/C7H13N5O/c1-11-4-3-9-6(11)5-12(2)7(8)10-13/h3-4,13H,5H2,1-2H3,(H2,8,10). The normalized spacial score (nSPS) is 11.7. The molecular formula is C7H13N5O. The molecular weight excluding hydrogens is 170 g/mol. The van der Waals surface area contributed by atoms with Gasteiger partial charge in [0.1, 0.15) is 5.82 Å². The van der Waals surface area contributed by atoms with Gasteiger partial charge in [0.25, 0.3) is 0 Å². The van der Waals surface area contributed by atoms with E-state index in [0.717, 1.165) is 5.82 Å². The van der Waals surface area contributed by atoms with Gasteiger partial charge in [-0.25, -0.2) is 4.98 Å². The molecule has 1 heterocycles. The number of imidazole rings is 1. The van der Waals surface area contributed by atoms with E-state index in [-0.39, 0.29) is 5.96 Å². The first-order valence-corrected chi connectivity index (χ1v) is 3.80. The van der Waals surface area contributed by atoms with Crippen molar-refractivity contribution < 1.29 is 5.21 Å². The second-order valence-corrected chi connectivity index (χ2v) is 2.77. The summed E-state index contributed by atoms with van der Waals surface area (Å²) in [6.07, 6.45) is 3.55. The summed E-state index contributed by atoms with van der Waals surface area (Å²) in [6, 6.07) is 0. The van der Waals surface area contributed by atoms with Gasteiger partial charge in [-0.3, -0.25) is 0 Å². The van der Waals surface area contributed by atoms with Crippen LogP contribution in [0.2, 0.25) is 0 Å². The summed E-state index contributed by atoms with van der Waals surface area (Å²) in [5, 5.41) is 11.3. The fourth-order valence-electron chi connectivity index (χ4n) is 0.918. The van der Waals surface area contributed by atoms with Gasteiger partial charge in [-0.15, -0.1) is 0 Å². The summed E-state index contributed by atoms with van der Waals surface area (Å²) >= 11 is 0. The Morgan fingerprint density at radius 1 is 1.85 bits per heavy atom. The predicted molar refractivity (Wildman–Crippen MR) is 48.1 cm³/mol. The average molecular weight is 183 g/mol. The second kappa shape index (κ2) is 3.79. The summed E-state index contributed by atoms with van der Waals surface area (Å²) < 4.78 is 1.88. The van der Waals surface area contributed by atoms with Crippen molar-refractivity contribution in [3.63, 3.8) is 0 Å². The number of rotatable bonds is 2. The third kappa shape index (κ3) is 2.11. The zero-order valence-electron chi connectivity index (χ0n) is 7.68. The van der Waals surface area contributed by atoms with Crippen molar-refractivity contribution in [1.82, 2.24) is 14.5 Å². The molecule has 1 rings (SSSR count). The first kappa shape index (κ1) is 9.37. The molecule has 0 aliphatic carbocycles. The van der Waals surface area contributed by atoms with E-state index in [9.17, 15) is 0 Å². The lowest BCUT2D eigenvalue weighted by atomic mass is 10.5. The van der Waals surface area contributed by atoms with Crippen LogP contribution in [-0.2, 0) is 13.6 Å². The van der Waals surface area contributed by atoms with Gasteiger partial charge in [0, 0.05) is 26.5 Å². The number of guanidine groups is 1. The molecule has 0 aliphatic rings. The highest BCUT2D eigenvalue weighted by molar-refractivity contribution is 5.76. The van der Waals surface area contributed by atoms with Crippen LogP contribution in [0.3, 0.4) is 0 Å². The molecule has 6 heteroatoms. The first-order valence-electron chi connectivity index (χ1n) is 3.80. The molecule has 0 fully saturated rings. The molecule has 13 heavy (non-hydrogen) atoms. The zero-order chi connectivity index (χ0) is 9.84. The Morgan fingerprint density at radius 3 is 3.00 bits per heavy atom. The lowest BCUT2D eigenvalue weighted by Crippen LogP contribution is -2.34. The van der Waals surface area contributed by atoms with Gasteiger partial charge >= 0.3 is 0 Å². The molecule has 0 aliphatic heterocycles. The second-order valence-electron chi connectivity index (χ2n) is 2.77. The van der Waals surface area contributed by atoms with Crippen molar-refractivity contribution in [2.45, 2.75) is 6.54 Å². The highest BCUT2D eigenvalue weighted by Gasteiger charge is 2.06. The molecule has 0 amide bonds. The average Bonchev–Trinajstić information content (AvgIpc) is 2.50. The topological polar surface area (TPSA) is 79.7 Å². The van der Waals surface area contributed by atoms with Gasteiger partial charge in [-0.2, -0.15) is 0 Å². The summed E-state index contributed by atoms with van der Waals surface area (Å²) in [5.41, 5.74) is 5.37. The molecule has 6 nitrogen and oxygen atoms in total. The summed E-state index contributed by atoms with van der Waals surface area (Å²) in [6.45, 7) is 0.513. The van der Waals surface area contributed by atoms with Crippen LogP contribution in [0.15, 0.2) is 17.5 Å². The maximum atomic E-state index is 8.40. The van der Waals surface area contributed by atoms with Gasteiger partial charge in [-0.1, -0.05) is 5.16 Å². The third-order valence-electron chi connectivity index (χ3n) is 1.79. The lowest BCUT2D eigenvalue weighted by Gasteiger charge is -2.15. The zero-order valence-corrected chi connectivity index (χ0v) is 7.68. The Kier molecular flexibility index (Phi) is 2.73. The molecule has 0 saturated heterocycles. The van der Waals surface area contributed by atoms with E-state index >= 15 is 0 Å². The number of oxime groups is 1. The number of hydrogen-bond acceptors (Lipinski definition) is 3. The highest BCUT2D eigenvalue weighted by atomic mass is 16.4. The van der Waals surface area contributed by atoms with Gasteiger partial charge in [0.2, 0.25) is 5.96 Å². The van der Waals surface area contributed by atoms with Crippen LogP contribution in [0.1, 0.15) is 5.82 Å². The van der Waals surface area contributed by atoms with E-state index in [2.05, 4.69) is 10.1 Å². The van der Waals surface area contributed by atoms with Gasteiger partial charge in [0.15, 0.2) is 0 Å². The first-order chi connectivity index (χ1) is 6.15. The molecule has 0 aromatic carbocycles. The maximum absolute atomic E-state index is 8.40. The van der Waals surface area contributed by atoms with Crippen LogP contribution in [0.4, 0.5) is 0 Å².